The molecule has 1 fully saturated rings. The van der Waals surface area contributed by atoms with E-state index < -0.39 is 9.84 Å². The fourth-order valence-corrected chi connectivity index (χ4v) is 3.05. The van der Waals surface area contributed by atoms with Crippen LogP contribution >= 0.6 is 0 Å². The lowest BCUT2D eigenvalue weighted by Crippen LogP contribution is -2.40. The molecule has 0 aromatic heterocycles. The second-order valence-corrected chi connectivity index (χ2v) is 6.12. The van der Waals surface area contributed by atoms with Crippen molar-refractivity contribution >= 4 is 9.84 Å². The van der Waals surface area contributed by atoms with Gasteiger partial charge in [-0.25, -0.2) is 8.42 Å². The topological polar surface area (TPSA) is 69.4 Å². The van der Waals surface area contributed by atoms with Gasteiger partial charge in [0.25, 0.3) is 0 Å². The molecule has 0 spiro atoms. The van der Waals surface area contributed by atoms with E-state index in [2.05, 4.69) is 0 Å². The normalized spacial score (nSPS) is 17.1. The lowest BCUT2D eigenvalue weighted by atomic mass is 10.2. The third kappa shape index (κ3) is 2.11. The van der Waals surface area contributed by atoms with E-state index in [-0.39, 0.29) is 5.25 Å². The maximum absolute atomic E-state index is 12.0. The lowest BCUT2D eigenvalue weighted by molar-refractivity contribution is 0.0416. The first-order valence-electron chi connectivity index (χ1n) is 5.25. The Balaban J connectivity index is 2.20. The van der Waals surface area contributed by atoms with Crippen molar-refractivity contribution in [2.75, 3.05) is 19.8 Å². The van der Waals surface area contributed by atoms with E-state index in [0.29, 0.717) is 24.7 Å². The van der Waals surface area contributed by atoms with E-state index in [1.807, 2.05) is 12.1 Å². The number of hydrogen-bond donors (Lipinski definition) is 1. The molecule has 0 unspecified atom stereocenters. The summed E-state index contributed by atoms with van der Waals surface area (Å²) in [5.74, 6) is 0. The molecule has 88 valence electrons. The predicted molar refractivity (Wildman–Crippen MR) is 61.0 cm³/mol. The quantitative estimate of drug-likeness (QED) is 0.826. The third-order valence-electron chi connectivity index (χ3n) is 2.73. The molecule has 0 radical (unpaired) electrons. The highest BCUT2D eigenvalue weighted by Gasteiger charge is 2.33. The summed E-state index contributed by atoms with van der Waals surface area (Å²) in [6.07, 6.45) is 0.771. The molecule has 1 aliphatic heterocycles. The zero-order chi connectivity index (χ0) is 11.6. The highest BCUT2D eigenvalue weighted by atomic mass is 32.2. The first kappa shape index (κ1) is 11.6. The van der Waals surface area contributed by atoms with Crippen LogP contribution in [0.5, 0.6) is 0 Å². The van der Waals surface area contributed by atoms with Gasteiger partial charge in [-0.1, -0.05) is 12.1 Å². The van der Waals surface area contributed by atoms with Crippen LogP contribution in [0.2, 0.25) is 0 Å². The Morgan fingerprint density at radius 1 is 1.25 bits per heavy atom. The van der Waals surface area contributed by atoms with Crippen molar-refractivity contribution < 1.29 is 13.2 Å². The van der Waals surface area contributed by atoms with Crippen molar-refractivity contribution in [3.8, 4) is 0 Å². The average Bonchev–Trinajstić information content (AvgIpc) is 2.15. The van der Waals surface area contributed by atoms with Crippen molar-refractivity contribution in [1.82, 2.24) is 0 Å². The second-order valence-electron chi connectivity index (χ2n) is 3.89. The summed E-state index contributed by atoms with van der Waals surface area (Å²) in [6.45, 7) is 1.20. The van der Waals surface area contributed by atoms with Crippen LogP contribution in [0.15, 0.2) is 29.2 Å². The molecule has 0 amide bonds. The Labute approximate surface area is 95.3 Å². The van der Waals surface area contributed by atoms with Gasteiger partial charge in [0.15, 0.2) is 9.84 Å². The molecule has 1 aromatic rings. The smallest absolute Gasteiger partial charge is 0.185 e. The standard InChI is InChI=1S/C11H15NO3S/c12-6-5-9-1-3-10(4-2-9)16(13,14)11-7-15-8-11/h1-4,11H,5-8,12H2. The van der Waals surface area contributed by atoms with Gasteiger partial charge in [-0.15, -0.1) is 0 Å². The Hall–Kier alpha value is -0.910. The number of rotatable bonds is 4. The molecule has 4 nitrogen and oxygen atoms in total. The number of nitrogens with two attached hydrogens (primary N) is 1. The lowest BCUT2D eigenvalue weighted by Gasteiger charge is -2.25. The van der Waals surface area contributed by atoms with Crippen LogP contribution in [0.1, 0.15) is 5.56 Å². The predicted octanol–water partition coefficient (Wildman–Crippen LogP) is 0.360. The molecule has 2 rings (SSSR count). The zero-order valence-electron chi connectivity index (χ0n) is 8.93. The van der Waals surface area contributed by atoms with Gasteiger partial charge in [-0.3, -0.25) is 0 Å². The number of hydrogen-bond acceptors (Lipinski definition) is 4. The maximum atomic E-state index is 12.0. The second kappa shape index (κ2) is 4.53. The SMILES string of the molecule is NCCc1ccc(S(=O)(=O)C2COC2)cc1. The van der Waals surface area contributed by atoms with Crippen molar-refractivity contribution in [3.05, 3.63) is 29.8 Å². The molecule has 1 aromatic carbocycles. The summed E-state index contributed by atoms with van der Waals surface area (Å²) in [4.78, 5) is 0.376. The van der Waals surface area contributed by atoms with Gasteiger partial charge in [0.05, 0.1) is 18.1 Å². The molecule has 0 atom stereocenters. The fraction of sp³-hybridized carbons (Fsp3) is 0.455. The minimum atomic E-state index is -3.19. The minimum Gasteiger partial charge on any atom is -0.379 e. The van der Waals surface area contributed by atoms with Gasteiger partial charge < -0.3 is 10.5 Å². The van der Waals surface area contributed by atoms with E-state index in [1.54, 1.807) is 12.1 Å². The monoisotopic (exact) mass is 241 g/mol. The third-order valence-corrected chi connectivity index (χ3v) is 4.81. The highest BCUT2D eigenvalue weighted by molar-refractivity contribution is 7.92. The molecule has 1 saturated heterocycles. The summed E-state index contributed by atoms with van der Waals surface area (Å²) in [7, 11) is -3.19. The van der Waals surface area contributed by atoms with E-state index >= 15 is 0 Å². The molecule has 2 N–H and O–H groups in total. The Morgan fingerprint density at radius 3 is 2.31 bits per heavy atom. The largest absolute Gasteiger partial charge is 0.379 e. The Morgan fingerprint density at radius 2 is 1.88 bits per heavy atom. The Kier molecular flexibility index (Phi) is 3.28. The van der Waals surface area contributed by atoms with Crippen molar-refractivity contribution in [3.63, 3.8) is 0 Å². The van der Waals surface area contributed by atoms with Crippen LogP contribution in [-0.4, -0.2) is 33.4 Å². The summed E-state index contributed by atoms with van der Waals surface area (Å²) in [5.41, 5.74) is 6.49. The van der Waals surface area contributed by atoms with Crippen molar-refractivity contribution in [2.24, 2.45) is 5.73 Å². The van der Waals surface area contributed by atoms with E-state index in [0.717, 1.165) is 12.0 Å². The molecular formula is C11H15NO3S. The van der Waals surface area contributed by atoms with E-state index in [9.17, 15) is 8.42 Å². The molecule has 1 aliphatic rings. The van der Waals surface area contributed by atoms with Crippen LogP contribution in [0.4, 0.5) is 0 Å². The van der Waals surface area contributed by atoms with E-state index in [1.165, 1.54) is 0 Å². The van der Waals surface area contributed by atoms with Crippen molar-refractivity contribution in [2.45, 2.75) is 16.6 Å². The van der Waals surface area contributed by atoms with Crippen LogP contribution in [-0.2, 0) is 21.0 Å². The van der Waals surface area contributed by atoms with Crippen LogP contribution in [0.3, 0.4) is 0 Å². The van der Waals surface area contributed by atoms with Crippen molar-refractivity contribution in [1.29, 1.82) is 0 Å². The highest BCUT2D eigenvalue weighted by Crippen LogP contribution is 2.21. The molecule has 0 bridgehead atoms. The summed E-state index contributed by atoms with van der Waals surface area (Å²) in [6, 6.07) is 6.94. The molecule has 0 saturated carbocycles. The first-order valence-corrected chi connectivity index (χ1v) is 6.80. The minimum absolute atomic E-state index is 0.312. The Bertz CT molecular complexity index is 449. The van der Waals surface area contributed by atoms with Crippen LogP contribution in [0, 0.1) is 0 Å². The molecular weight excluding hydrogens is 226 g/mol. The maximum Gasteiger partial charge on any atom is 0.185 e. The number of ether oxygens (including phenoxy) is 1. The van der Waals surface area contributed by atoms with Gasteiger partial charge in [0, 0.05) is 0 Å². The number of benzene rings is 1. The molecule has 0 aliphatic carbocycles. The summed E-state index contributed by atoms with van der Waals surface area (Å²) >= 11 is 0. The van der Waals surface area contributed by atoms with Gasteiger partial charge in [-0.2, -0.15) is 0 Å². The molecule has 16 heavy (non-hydrogen) atoms. The van der Waals surface area contributed by atoms with Gasteiger partial charge >= 0.3 is 0 Å². The van der Waals surface area contributed by atoms with Gasteiger partial charge in [0.2, 0.25) is 0 Å². The van der Waals surface area contributed by atoms with Gasteiger partial charge in [-0.05, 0) is 30.7 Å². The van der Waals surface area contributed by atoms with Gasteiger partial charge in [0.1, 0.15) is 5.25 Å². The molecule has 1 heterocycles. The van der Waals surface area contributed by atoms with Crippen LogP contribution < -0.4 is 5.73 Å². The van der Waals surface area contributed by atoms with E-state index in [4.69, 9.17) is 10.5 Å². The molecule has 5 heteroatoms. The summed E-state index contributed by atoms with van der Waals surface area (Å²) < 4.78 is 28.9. The summed E-state index contributed by atoms with van der Waals surface area (Å²) in [5, 5.41) is -0.368. The zero-order valence-corrected chi connectivity index (χ0v) is 9.74. The number of sulfone groups is 1. The average molecular weight is 241 g/mol. The van der Waals surface area contributed by atoms with Crippen LogP contribution in [0.25, 0.3) is 0 Å². The fourth-order valence-electron chi connectivity index (χ4n) is 1.60. The first-order chi connectivity index (χ1) is 7.64.